The van der Waals surface area contributed by atoms with Gasteiger partial charge < -0.3 is 9.64 Å². The lowest BCUT2D eigenvalue weighted by Crippen LogP contribution is -2.39. The molecule has 3 aromatic rings. The highest BCUT2D eigenvalue weighted by atomic mass is 32.2. The van der Waals surface area contributed by atoms with Gasteiger partial charge in [0.1, 0.15) is 0 Å². The largest absolute Gasteiger partial charge is 0.477 e. The molecule has 2 aromatic carbocycles. The second-order valence-corrected chi connectivity index (χ2v) is 10.0. The fourth-order valence-corrected chi connectivity index (χ4v) is 4.38. The van der Waals surface area contributed by atoms with E-state index >= 15 is 0 Å². The van der Waals surface area contributed by atoms with Gasteiger partial charge in [-0.3, -0.25) is 4.79 Å². The summed E-state index contributed by atoms with van der Waals surface area (Å²) in [7, 11) is -3.21. The Morgan fingerprint density at radius 1 is 1.09 bits per heavy atom. The number of carbonyl (C=O) groups is 1. The van der Waals surface area contributed by atoms with Crippen LogP contribution in [0, 0.1) is 12.0 Å². The molecular formula is C25H25N2O4S. The van der Waals surface area contributed by atoms with E-state index < -0.39 is 9.84 Å². The summed E-state index contributed by atoms with van der Waals surface area (Å²) in [5.41, 5.74) is 2.46. The van der Waals surface area contributed by atoms with Crippen molar-refractivity contribution in [2.24, 2.45) is 5.92 Å². The lowest BCUT2D eigenvalue weighted by molar-refractivity contribution is 0.0659. The van der Waals surface area contributed by atoms with Crippen molar-refractivity contribution >= 4 is 15.7 Å². The van der Waals surface area contributed by atoms with E-state index in [1.165, 1.54) is 6.26 Å². The molecule has 1 fully saturated rings. The third-order valence-corrected chi connectivity index (χ3v) is 6.80. The van der Waals surface area contributed by atoms with Crippen LogP contribution in [0.15, 0.2) is 71.8 Å². The second-order valence-electron chi connectivity index (χ2n) is 8.02. The minimum absolute atomic E-state index is 0.0584. The number of sulfone groups is 1. The fourth-order valence-electron chi connectivity index (χ4n) is 3.75. The number of rotatable bonds is 6. The number of hydrogen-bond donors (Lipinski definition) is 0. The van der Waals surface area contributed by atoms with Crippen LogP contribution in [-0.2, 0) is 9.84 Å². The summed E-state index contributed by atoms with van der Waals surface area (Å²) < 4.78 is 29.1. The summed E-state index contributed by atoms with van der Waals surface area (Å²) in [6.45, 7) is 2.01. The minimum Gasteiger partial charge on any atom is -0.477 e. The molecule has 165 valence electrons. The Balaban J connectivity index is 1.27. The van der Waals surface area contributed by atoms with E-state index in [-0.39, 0.29) is 5.91 Å². The van der Waals surface area contributed by atoms with Crippen molar-refractivity contribution in [3.8, 4) is 17.0 Å². The number of nitrogens with zero attached hydrogens (tertiary/aromatic N) is 2. The Hall–Kier alpha value is -3.19. The Kier molecular flexibility index (Phi) is 6.55. The number of aromatic nitrogens is 1. The van der Waals surface area contributed by atoms with E-state index in [1.54, 1.807) is 42.6 Å². The molecule has 0 N–H and O–H groups in total. The molecule has 0 unspecified atom stereocenters. The van der Waals surface area contributed by atoms with E-state index in [2.05, 4.69) is 11.1 Å². The maximum Gasteiger partial charge on any atom is 0.253 e. The van der Waals surface area contributed by atoms with Crippen molar-refractivity contribution in [3.05, 3.63) is 78.5 Å². The van der Waals surface area contributed by atoms with Crippen LogP contribution in [0.25, 0.3) is 11.1 Å². The summed E-state index contributed by atoms with van der Waals surface area (Å²) in [6.07, 6.45) is 4.71. The van der Waals surface area contributed by atoms with Gasteiger partial charge in [0.25, 0.3) is 5.91 Å². The number of benzene rings is 2. The van der Waals surface area contributed by atoms with Crippen molar-refractivity contribution in [2.75, 3.05) is 26.0 Å². The van der Waals surface area contributed by atoms with Gasteiger partial charge in [0.05, 0.1) is 11.5 Å². The van der Waals surface area contributed by atoms with Crippen LogP contribution in [0.2, 0.25) is 0 Å². The Morgan fingerprint density at radius 3 is 2.41 bits per heavy atom. The van der Waals surface area contributed by atoms with Gasteiger partial charge >= 0.3 is 0 Å². The molecule has 1 amide bonds. The van der Waals surface area contributed by atoms with E-state index in [1.807, 2.05) is 29.2 Å². The summed E-state index contributed by atoms with van der Waals surface area (Å²) >= 11 is 0. The molecule has 1 aromatic heterocycles. The average Bonchev–Trinajstić information content (AvgIpc) is 2.83. The number of pyridine rings is 1. The number of carbonyl (C=O) groups excluding carboxylic acids is 1. The molecule has 1 radical (unpaired) electrons. The monoisotopic (exact) mass is 449 g/mol. The number of amides is 1. The third kappa shape index (κ3) is 5.34. The second kappa shape index (κ2) is 9.53. The zero-order valence-corrected chi connectivity index (χ0v) is 18.7. The first kappa shape index (κ1) is 22.0. The van der Waals surface area contributed by atoms with Crippen molar-refractivity contribution in [1.82, 2.24) is 9.88 Å². The van der Waals surface area contributed by atoms with E-state index in [0.717, 1.165) is 37.1 Å². The van der Waals surface area contributed by atoms with Crippen molar-refractivity contribution in [3.63, 3.8) is 0 Å². The highest BCUT2D eigenvalue weighted by Gasteiger charge is 2.24. The predicted molar refractivity (Wildman–Crippen MR) is 122 cm³/mol. The van der Waals surface area contributed by atoms with Gasteiger partial charge in [-0.05, 0) is 60.7 Å². The molecule has 2 heterocycles. The number of piperidine rings is 1. The number of ether oxygens (including phenoxy) is 1. The van der Waals surface area contributed by atoms with Gasteiger partial charge in [0.2, 0.25) is 5.88 Å². The van der Waals surface area contributed by atoms with Crippen LogP contribution in [0.3, 0.4) is 0 Å². The first-order valence-corrected chi connectivity index (χ1v) is 12.4. The summed E-state index contributed by atoms with van der Waals surface area (Å²) in [4.78, 5) is 19.1. The zero-order valence-electron chi connectivity index (χ0n) is 17.9. The average molecular weight is 450 g/mol. The maximum absolute atomic E-state index is 12.5. The van der Waals surface area contributed by atoms with Gasteiger partial charge in [-0.2, -0.15) is 0 Å². The van der Waals surface area contributed by atoms with Crippen LogP contribution < -0.4 is 4.74 Å². The van der Waals surface area contributed by atoms with E-state index in [9.17, 15) is 13.2 Å². The molecule has 0 atom stereocenters. The summed E-state index contributed by atoms with van der Waals surface area (Å²) in [5, 5.41) is 0. The molecule has 7 heteroatoms. The summed E-state index contributed by atoms with van der Waals surface area (Å²) in [6, 6.07) is 20.6. The highest BCUT2D eigenvalue weighted by Crippen LogP contribution is 2.24. The van der Waals surface area contributed by atoms with E-state index in [0.29, 0.717) is 28.9 Å². The van der Waals surface area contributed by atoms with Crippen LogP contribution in [0.5, 0.6) is 5.88 Å². The van der Waals surface area contributed by atoms with Crippen LogP contribution in [0.4, 0.5) is 0 Å². The predicted octanol–water partition coefficient (Wildman–Crippen LogP) is 3.88. The maximum atomic E-state index is 12.5. The van der Waals surface area contributed by atoms with Gasteiger partial charge in [-0.15, -0.1) is 0 Å². The number of likely N-dealkylation sites (tertiary alicyclic amines) is 1. The minimum atomic E-state index is -3.21. The molecule has 1 saturated heterocycles. The van der Waals surface area contributed by atoms with Crippen LogP contribution in [0.1, 0.15) is 23.2 Å². The van der Waals surface area contributed by atoms with Gasteiger partial charge in [-0.1, -0.05) is 24.3 Å². The van der Waals surface area contributed by atoms with Gasteiger partial charge in [0.15, 0.2) is 9.84 Å². The van der Waals surface area contributed by atoms with Crippen LogP contribution >= 0.6 is 0 Å². The summed E-state index contributed by atoms with van der Waals surface area (Å²) in [5.74, 6) is 0.995. The molecule has 1 aliphatic heterocycles. The molecule has 0 aliphatic carbocycles. The smallest absolute Gasteiger partial charge is 0.253 e. The van der Waals surface area contributed by atoms with Crippen molar-refractivity contribution < 1.29 is 17.9 Å². The van der Waals surface area contributed by atoms with Gasteiger partial charge in [-0.25, -0.2) is 13.4 Å². The van der Waals surface area contributed by atoms with E-state index in [4.69, 9.17) is 4.74 Å². The number of hydrogen-bond acceptors (Lipinski definition) is 5. The zero-order chi connectivity index (χ0) is 22.6. The molecule has 0 spiro atoms. The molecule has 1 aliphatic rings. The lowest BCUT2D eigenvalue weighted by Gasteiger charge is -2.31. The quantitative estimate of drug-likeness (QED) is 0.571. The first-order chi connectivity index (χ1) is 15.4. The van der Waals surface area contributed by atoms with Crippen LogP contribution in [-0.4, -0.2) is 50.2 Å². The van der Waals surface area contributed by atoms with Crippen molar-refractivity contribution in [1.29, 1.82) is 0 Å². The Labute approximate surface area is 188 Å². The van der Waals surface area contributed by atoms with Crippen molar-refractivity contribution in [2.45, 2.75) is 17.7 Å². The molecular weight excluding hydrogens is 424 g/mol. The fraction of sp³-hybridized carbons (Fsp3) is 0.280. The molecule has 6 nitrogen and oxygen atoms in total. The topological polar surface area (TPSA) is 76.6 Å². The lowest BCUT2D eigenvalue weighted by atomic mass is 9.97. The first-order valence-electron chi connectivity index (χ1n) is 10.5. The molecule has 0 saturated carbocycles. The Bertz CT molecular complexity index is 1150. The SMILES string of the molecule is CS(=O)(=O)c1ccc(-c2ccc(OCC3CCN(C(=O)c4c[c]ccc4)CC3)nc2)cc1. The standard InChI is InChI=1S/C25H25N2O4S/c1-32(29,30)23-10-7-20(8-11-23)22-9-12-24(26-17-22)31-18-19-13-15-27(16-14-19)25(28)21-5-3-2-4-6-21/h2-3,5-12,17,19H,13-16,18H2,1H3. The molecule has 32 heavy (non-hydrogen) atoms. The molecule has 0 bridgehead atoms. The van der Waals surface area contributed by atoms with Gasteiger partial charge in [0, 0.05) is 42.7 Å². The normalized spacial score (nSPS) is 14.8. The Morgan fingerprint density at radius 2 is 1.81 bits per heavy atom. The molecule has 4 rings (SSSR count). The highest BCUT2D eigenvalue weighted by molar-refractivity contribution is 7.90. The third-order valence-electron chi connectivity index (χ3n) is 5.67.